The second-order valence-electron chi connectivity index (χ2n) is 4.66. The number of halogens is 1. The second-order valence-corrected chi connectivity index (χ2v) is 4.66. The molecule has 1 heterocycles. The number of para-hydroxylation sites is 1. The van der Waals surface area contributed by atoms with Gasteiger partial charge in [0.25, 0.3) is 5.91 Å². The third-order valence-electron chi connectivity index (χ3n) is 3.06. The van der Waals surface area contributed by atoms with Crippen molar-refractivity contribution in [3.8, 4) is 17.6 Å². The molecule has 1 aromatic heterocycles. The fourth-order valence-corrected chi connectivity index (χ4v) is 1.93. The van der Waals surface area contributed by atoms with E-state index in [9.17, 15) is 9.18 Å². The number of benzene rings is 2. The summed E-state index contributed by atoms with van der Waals surface area (Å²) in [4.78, 5) is 11.8. The molecule has 0 saturated heterocycles. The molecule has 3 aromatic rings. The smallest absolute Gasteiger partial charge is 0.277 e. The minimum absolute atomic E-state index is 0.0582. The highest BCUT2D eigenvalue weighted by Crippen LogP contribution is 2.28. The average molecular weight is 323 g/mol. The van der Waals surface area contributed by atoms with E-state index < -0.39 is 11.7 Å². The number of carbonyl (C=O) groups excluding carboxylic acids is 1. The molecule has 7 nitrogen and oxygen atoms in total. The first-order valence-electron chi connectivity index (χ1n) is 6.81. The molecular formula is C16H10FN5O2. The number of nitrogens with one attached hydrogen (secondary N) is 2. The van der Waals surface area contributed by atoms with Gasteiger partial charge in [-0.3, -0.25) is 4.79 Å². The summed E-state index contributed by atoms with van der Waals surface area (Å²) in [6.07, 6.45) is 1.25. The maximum atomic E-state index is 14.2. The Morgan fingerprint density at radius 3 is 2.79 bits per heavy atom. The summed E-state index contributed by atoms with van der Waals surface area (Å²) in [5, 5.41) is 21.0. The highest BCUT2D eigenvalue weighted by atomic mass is 19.1. The maximum Gasteiger partial charge on any atom is 0.277 e. The van der Waals surface area contributed by atoms with Crippen molar-refractivity contribution in [2.75, 3.05) is 5.32 Å². The van der Waals surface area contributed by atoms with E-state index in [0.717, 1.165) is 6.07 Å². The van der Waals surface area contributed by atoms with Crippen LogP contribution >= 0.6 is 0 Å². The summed E-state index contributed by atoms with van der Waals surface area (Å²) in [6.45, 7) is 0. The van der Waals surface area contributed by atoms with Crippen molar-refractivity contribution in [3.05, 3.63) is 65.7 Å². The lowest BCUT2D eigenvalue weighted by molar-refractivity contribution is 0.102. The quantitative estimate of drug-likeness (QED) is 0.768. The minimum atomic E-state index is -0.680. The normalized spacial score (nSPS) is 10.0. The predicted octanol–water partition coefficient (Wildman–Crippen LogP) is 2.86. The van der Waals surface area contributed by atoms with Crippen LogP contribution in [0.3, 0.4) is 0 Å². The summed E-state index contributed by atoms with van der Waals surface area (Å²) in [5.74, 6) is -1.01. The number of amides is 1. The molecule has 118 valence electrons. The Bertz CT molecular complexity index is 918. The lowest BCUT2D eigenvalue weighted by atomic mass is 10.2. The van der Waals surface area contributed by atoms with Gasteiger partial charge in [0.05, 0.1) is 11.8 Å². The van der Waals surface area contributed by atoms with Crippen molar-refractivity contribution in [1.29, 1.82) is 5.26 Å². The maximum absolute atomic E-state index is 14.2. The van der Waals surface area contributed by atoms with E-state index in [0.29, 0.717) is 5.56 Å². The van der Waals surface area contributed by atoms with Crippen LogP contribution in [0.1, 0.15) is 16.1 Å². The van der Waals surface area contributed by atoms with Crippen LogP contribution in [0.4, 0.5) is 10.1 Å². The molecule has 2 N–H and O–H groups in total. The third kappa shape index (κ3) is 3.20. The van der Waals surface area contributed by atoms with Crippen LogP contribution in [0.5, 0.6) is 11.5 Å². The van der Waals surface area contributed by atoms with E-state index >= 15 is 0 Å². The Morgan fingerprint density at radius 1 is 1.25 bits per heavy atom. The van der Waals surface area contributed by atoms with Gasteiger partial charge in [-0.1, -0.05) is 12.1 Å². The van der Waals surface area contributed by atoms with Gasteiger partial charge >= 0.3 is 0 Å². The highest BCUT2D eigenvalue weighted by molar-refractivity contribution is 6.02. The molecule has 0 saturated carbocycles. The molecule has 0 unspecified atom stereocenters. The van der Waals surface area contributed by atoms with Gasteiger partial charge in [-0.15, -0.1) is 0 Å². The standard InChI is InChI=1S/C16H10FN5O2/c17-12-7-11(20-16(23)13-9-19-22-21-13)5-6-15(12)24-14-4-2-1-3-10(14)8-18/h1-7,9H,(H,20,23)(H,19,21,22). The van der Waals surface area contributed by atoms with Gasteiger partial charge < -0.3 is 10.1 Å². The van der Waals surface area contributed by atoms with Crippen LogP contribution in [0.15, 0.2) is 48.7 Å². The Morgan fingerprint density at radius 2 is 2.08 bits per heavy atom. The van der Waals surface area contributed by atoms with Crippen molar-refractivity contribution in [2.45, 2.75) is 0 Å². The number of nitriles is 1. The Hall–Kier alpha value is -3.73. The Kier molecular flexibility index (Phi) is 4.16. The molecule has 0 radical (unpaired) electrons. The number of ether oxygens (including phenoxy) is 1. The molecular weight excluding hydrogens is 313 g/mol. The molecule has 1 amide bonds. The summed E-state index contributed by atoms with van der Waals surface area (Å²) >= 11 is 0. The summed E-state index contributed by atoms with van der Waals surface area (Å²) in [6, 6.07) is 12.4. The number of hydrogen-bond acceptors (Lipinski definition) is 5. The Labute approximate surface area is 135 Å². The predicted molar refractivity (Wildman–Crippen MR) is 82.0 cm³/mol. The van der Waals surface area contributed by atoms with Crippen molar-refractivity contribution >= 4 is 11.6 Å². The molecule has 0 atom stereocenters. The van der Waals surface area contributed by atoms with Crippen LogP contribution in [-0.4, -0.2) is 21.3 Å². The monoisotopic (exact) mass is 323 g/mol. The number of rotatable bonds is 4. The summed E-state index contributed by atoms with van der Waals surface area (Å²) in [5.41, 5.74) is 0.611. The van der Waals surface area contributed by atoms with Crippen LogP contribution in [-0.2, 0) is 0 Å². The number of aromatic amines is 1. The van der Waals surface area contributed by atoms with Crippen LogP contribution in [0.2, 0.25) is 0 Å². The zero-order chi connectivity index (χ0) is 16.9. The van der Waals surface area contributed by atoms with Crippen molar-refractivity contribution in [1.82, 2.24) is 15.4 Å². The van der Waals surface area contributed by atoms with Gasteiger partial charge in [0, 0.05) is 11.8 Å². The van der Waals surface area contributed by atoms with Crippen molar-refractivity contribution in [3.63, 3.8) is 0 Å². The number of H-pyrrole nitrogens is 1. The fraction of sp³-hybridized carbons (Fsp3) is 0. The van der Waals surface area contributed by atoms with E-state index in [-0.39, 0.29) is 22.9 Å². The molecule has 0 spiro atoms. The lowest BCUT2D eigenvalue weighted by Crippen LogP contribution is -2.12. The van der Waals surface area contributed by atoms with Crippen molar-refractivity contribution in [2.24, 2.45) is 0 Å². The van der Waals surface area contributed by atoms with Crippen LogP contribution in [0.25, 0.3) is 0 Å². The highest BCUT2D eigenvalue weighted by Gasteiger charge is 2.12. The van der Waals surface area contributed by atoms with Gasteiger partial charge in [-0.05, 0) is 24.3 Å². The van der Waals surface area contributed by atoms with Crippen molar-refractivity contribution < 1.29 is 13.9 Å². The topological polar surface area (TPSA) is 104 Å². The van der Waals surface area contributed by atoms with Gasteiger partial charge in [0.1, 0.15) is 11.8 Å². The minimum Gasteiger partial charge on any atom is -0.453 e. The lowest BCUT2D eigenvalue weighted by Gasteiger charge is -2.09. The Balaban J connectivity index is 1.78. The van der Waals surface area contributed by atoms with E-state index in [1.54, 1.807) is 24.3 Å². The summed E-state index contributed by atoms with van der Waals surface area (Å²) in [7, 11) is 0. The first kappa shape index (κ1) is 15.2. The third-order valence-corrected chi connectivity index (χ3v) is 3.06. The van der Waals surface area contributed by atoms with E-state index in [1.807, 2.05) is 6.07 Å². The van der Waals surface area contributed by atoms with E-state index in [1.165, 1.54) is 18.3 Å². The number of carbonyl (C=O) groups is 1. The molecule has 3 rings (SSSR count). The zero-order valence-corrected chi connectivity index (χ0v) is 12.2. The molecule has 0 aliphatic rings. The zero-order valence-electron chi connectivity index (χ0n) is 12.2. The molecule has 0 bridgehead atoms. The molecule has 0 fully saturated rings. The summed E-state index contributed by atoms with van der Waals surface area (Å²) < 4.78 is 19.6. The first-order valence-corrected chi connectivity index (χ1v) is 6.81. The molecule has 0 aliphatic heterocycles. The first-order chi connectivity index (χ1) is 11.7. The molecule has 0 aliphatic carbocycles. The SMILES string of the molecule is N#Cc1ccccc1Oc1ccc(NC(=O)c2cn[nH]n2)cc1F. The molecule has 2 aromatic carbocycles. The average Bonchev–Trinajstić information content (AvgIpc) is 3.12. The van der Waals surface area contributed by atoms with Gasteiger partial charge in [-0.2, -0.15) is 20.7 Å². The van der Waals surface area contributed by atoms with Crippen LogP contribution < -0.4 is 10.1 Å². The van der Waals surface area contributed by atoms with Gasteiger partial charge in [0.15, 0.2) is 17.3 Å². The number of nitrogens with zero attached hydrogens (tertiary/aromatic N) is 3. The van der Waals surface area contributed by atoms with Crippen LogP contribution in [0, 0.1) is 17.1 Å². The second kappa shape index (κ2) is 6.58. The van der Waals surface area contributed by atoms with Gasteiger partial charge in [0.2, 0.25) is 0 Å². The number of hydrogen-bond donors (Lipinski definition) is 2. The van der Waals surface area contributed by atoms with Gasteiger partial charge in [-0.25, -0.2) is 4.39 Å². The van der Waals surface area contributed by atoms with E-state index in [2.05, 4.69) is 20.7 Å². The number of aromatic nitrogens is 3. The fourth-order valence-electron chi connectivity index (χ4n) is 1.93. The molecule has 24 heavy (non-hydrogen) atoms. The van der Waals surface area contributed by atoms with E-state index in [4.69, 9.17) is 10.00 Å². The molecule has 8 heteroatoms. The largest absolute Gasteiger partial charge is 0.453 e. The number of anilines is 1.